The van der Waals surface area contributed by atoms with E-state index in [0.29, 0.717) is 37.4 Å². The van der Waals surface area contributed by atoms with Crippen LogP contribution >= 0.6 is 0 Å². The van der Waals surface area contributed by atoms with Crippen LogP contribution in [0.15, 0.2) is 53.5 Å². The molecule has 186 valence electrons. The van der Waals surface area contributed by atoms with E-state index in [2.05, 4.69) is 10.3 Å². The lowest BCUT2D eigenvalue weighted by atomic mass is 9.91. The normalized spacial score (nSPS) is 20.8. The number of hydrogen-bond donors (Lipinski definition) is 1. The van der Waals surface area contributed by atoms with E-state index < -0.39 is 41.4 Å². The summed E-state index contributed by atoms with van der Waals surface area (Å²) in [4.78, 5) is 33.7. The first-order chi connectivity index (χ1) is 16.7. The van der Waals surface area contributed by atoms with Crippen LogP contribution in [-0.4, -0.2) is 55.5 Å². The van der Waals surface area contributed by atoms with Gasteiger partial charge in [-0.05, 0) is 42.8 Å². The Bertz CT molecular complexity index is 1110. The van der Waals surface area contributed by atoms with Crippen LogP contribution in [0, 0.1) is 11.7 Å². The second-order valence-corrected chi connectivity index (χ2v) is 8.19. The molecule has 1 fully saturated rings. The van der Waals surface area contributed by atoms with Gasteiger partial charge in [0.25, 0.3) is 0 Å². The van der Waals surface area contributed by atoms with Crippen molar-refractivity contribution in [2.24, 2.45) is 10.9 Å². The number of carbonyl (C=O) groups excluding carboxylic acids is 2. The van der Waals surface area contributed by atoms with Gasteiger partial charge in [0.05, 0.1) is 12.2 Å². The lowest BCUT2D eigenvalue weighted by Crippen LogP contribution is -2.57. The summed E-state index contributed by atoms with van der Waals surface area (Å²) in [5.41, 5.74) is 0.230. The van der Waals surface area contributed by atoms with E-state index in [9.17, 15) is 27.2 Å². The number of nitrogens with zero attached hydrogens (tertiary/aromatic N) is 3. The van der Waals surface area contributed by atoms with Gasteiger partial charge in [-0.2, -0.15) is 13.2 Å². The van der Waals surface area contributed by atoms with Crippen molar-refractivity contribution in [1.29, 1.82) is 0 Å². The highest BCUT2D eigenvalue weighted by Crippen LogP contribution is 2.33. The summed E-state index contributed by atoms with van der Waals surface area (Å²) in [5, 5.41) is 2.67. The summed E-state index contributed by atoms with van der Waals surface area (Å²) >= 11 is 0. The molecule has 11 heteroatoms. The Morgan fingerprint density at radius 2 is 1.74 bits per heavy atom. The molecular formula is C24H24F4N4O3. The Labute approximate surface area is 199 Å². The average molecular weight is 492 g/mol. The molecule has 1 N–H and O–H groups in total. The number of piperazine rings is 1. The molecular weight excluding hydrogens is 468 g/mol. The number of esters is 1. The van der Waals surface area contributed by atoms with E-state index in [1.807, 2.05) is 4.90 Å². The number of carbonyl (C=O) groups is 2. The topological polar surface area (TPSA) is 74.2 Å². The monoisotopic (exact) mass is 492 g/mol. The number of amides is 1. The number of rotatable bonds is 4. The molecule has 0 aromatic heterocycles. The molecule has 35 heavy (non-hydrogen) atoms. The van der Waals surface area contributed by atoms with Gasteiger partial charge in [0.2, 0.25) is 11.9 Å². The third kappa shape index (κ3) is 5.39. The molecule has 2 aliphatic heterocycles. The predicted octanol–water partition coefficient (Wildman–Crippen LogP) is 3.37. The lowest BCUT2D eigenvalue weighted by Gasteiger charge is -2.39. The van der Waals surface area contributed by atoms with Gasteiger partial charge in [0.1, 0.15) is 11.9 Å². The van der Waals surface area contributed by atoms with E-state index in [4.69, 9.17) is 4.74 Å². The van der Waals surface area contributed by atoms with Gasteiger partial charge in [0, 0.05) is 31.9 Å². The Hall–Kier alpha value is -3.63. The molecule has 0 saturated carbocycles. The van der Waals surface area contributed by atoms with Gasteiger partial charge in [-0.1, -0.05) is 18.2 Å². The van der Waals surface area contributed by atoms with Gasteiger partial charge >= 0.3 is 12.1 Å². The standard InChI is InChI=1S/C24H24F4N4O3/c1-2-35-22(34)19-20(15-6-8-17(25)9-7-15)29-23(30-21(19)33)32-12-10-31(11-13-32)18-5-3-4-16(14-18)24(26,27)28/h3-9,14,19-20H,2,10-13H2,1H3,(H,29,30,33). The van der Waals surface area contributed by atoms with Crippen molar-refractivity contribution < 1.29 is 31.9 Å². The Morgan fingerprint density at radius 1 is 1.09 bits per heavy atom. The largest absolute Gasteiger partial charge is 0.465 e. The van der Waals surface area contributed by atoms with E-state index in [1.54, 1.807) is 17.9 Å². The quantitative estimate of drug-likeness (QED) is 0.403. The van der Waals surface area contributed by atoms with Crippen molar-refractivity contribution in [1.82, 2.24) is 10.2 Å². The molecule has 2 atom stereocenters. The molecule has 0 radical (unpaired) electrons. The fourth-order valence-corrected chi connectivity index (χ4v) is 4.18. The van der Waals surface area contributed by atoms with Crippen LogP contribution in [0.3, 0.4) is 0 Å². The van der Waals surface area contributed by atoms with Gasteiger partial charge < -0.3 is 14.5 Å². The van der Waals surface area contributed by atoms with Crippen LogP contribution in [0.2, 0.25) is 0 Å². The van der Waals surface area contributed by atoms with Gasteiger partial charge in [-0.15, -0.1) is 0 Å². The minimum Gasteiger partial charge on any atom is -0.465 e. The molecule has 2 unspecified atom stereocenters. The number of nitrogens with one attached hydrogen (secondary N) is 1. The third-order valence-electron chi connectivity index (χ3n) is 5.96. The van der Waals surface area contributed by atoms with Crippen molar-refractivity contribution in [2.45, 2.75) is 19.1 Å². The average Bonchev–Trinajstić information content (AvgIpc) is 2.84. The second-order valence-electron chi connectivity index (χ2n) is 8.19. The van der Waals surface area contributed by atoms with E-state index >= 15 is 0 Å². The van der Waals surface area contributed by atoms with Crippen LogP contribution in [-0.2, 0) is 20.5 Å². The summed E-state index contributed by atoms with van der Waals surface area (Å²) in [6, 6.07) is 9.64. The summed E-state index contributed by atoms with van der Waals surface area (Å²) < 4.78 is 57.7. The second kappa shape index (κ2) is 9.93. The van der Waals surface area contributed by atoms with Crippen LogP contribution in [0.25, 0.3) is 0 Å². The number of hydrogen-bond acceptors (Lipinski definition) is 6. The minimum absolute atomic E-state index is 0.0901. The molecule has 2 aromatic carbocycles. The number of guanidine groups is 1. The molecule has 2 aliphatic rings. The molecule has 1 amide bonds. The molecule has 0 bridgehead atoms. The zero-order chi connectivity index (χ0) is 25.2. The fourth-order valence-electron chi connectivity index (χ4n) is 4.18. The van der Waals surface area contributed by atoms with Crippen LogP contribution in [0.4, 0.5) is 23.2 Å². The smallest absolute Gasteiger partial charge is 0.416 e. The van der Waals surface area contributed by atoms with Crippen molar-refractivity contribution >= 4 is 23.5 Å². The number of halogens is 4. The molecule has 4 rings (SSSR count). The fraction of sp³-hybridized carbons (Fsp3) is 0.375. The van der Waals surface area contributed by atoms with Crippen molar-refractivity contribution in [3.8, 4) is 0 Å². The van der Waals surface area contributed by atoms with Crippen molar-refractivity contribution in [3.05, 3.63) is 65.5 Å². The third-order valence-corrected chi connectivity index (χ3v) is 5.96. The first kappa shape index (κ1) is 24.5. The number of alkyl halides is 3. The highest BCUT2D eigenvalue weighted by atomic mass is 19.4. The first-order valence-electron chi connectivity index (χ1n) is 11.2. The van der Waals surface area contributed by atoms with Gasteiger partial charge in [-0.3, -0.25) is 14.9 Å². The maximum atomic E-state index is 13.5. The van der Waals surface area contributed by atoms with Gasteiger partial charge in [-0.25, -0.2) is 9.38 Å². The predicted molar refractivity (Wildman–Crippen MR) is 120 cm³/mol. The molecule has 1 saturated heterocycles. The maximum absolute atomic E-state index is 13.5. The Morgan fingerprint density at radius 3 is 2.37 bits per heavy atom. The summed E-state index contributed by atoms with van der Waals surface area (Å²) in [6.07, 6.45) is -4.43. The molecule has 7 nitrogen and oxygen atoms in total. The number of anilines is 1. The first-order valence-corrected chi connectivity index (χ1v) is 11.2. The van der Waals surface area contributed by atoms with Crippen LogP contribution in [0.5, 0.6) is 0 Å². The summed E-state index contributed by atoms with van der Waals surface area (Å²) in [6.45, 7) is 3.29. The molecule has 2 aromatic rings. The number of benzene rings is 2. The molecule has 2 heterocycles. The molecule has 0 spiro atoms. The summed E-state index contributed by atoms with van der Waals surface area (Å²) in [5.74, 6) is -2.74. The van der Waals surface area contributed by atoms with Crippen LogP contribution < -0.4 is 10.2 Å². The van der Waals surface area contributed by atoms with Crippen molar-refractivity contribution in [3.63, 3.8) is 0 Å². The van der Waals surface area contributed by atoms with Crippen LogP contribution in [0.1, 0.15) is 24.1 Å². The van der Waals surface area contributed by atoms with Gasteiger partial charge in [0.15, 0.2) is 5.92 Å². The van der Waals surface area contributed by atoms with E-state index in [1.165, 1.54) is 30.3 Å². The number of ether oxygens (including phenoxy) is 1. The molecule has 0 aliphatic carbocycles. The van der Waals surface area contributed by atoms with E-state index in [-0.39, 0.29) is 12.6 Å². The van der Waals surface area contributed by atoms with E-state index in [0.717, 1.165) is 12.1 Å². The van der Waals surface area contributed by atoms with Crippen molar-refractivity contribution in [2.75, 3.05) is 37.7 Å². The summed E-state index contributed by atoms with van der Waals surface area (Å²) in [7, 11) is 0. The lowest BCUT2D eigenvalue weighted by molar-refractivity contribution is -0.153. The highest BCUT2D eigenvalue weighted by Gasteiger charge is 2.42. The SMILES string of the molecule is CCOC(=O)C1C(=O)NC(N2CCN(c3cccc(C(F)(F)F)c3)CC2)=NC1c1ccc(F)cc1. The number of aliphatic imine (C=N–C) groups is 1. The Kier molecular flexibility index (Phi) is 6.95. The maximum Gasteiger partial charge on any atom is 0.416 e. The Balaban J connectivity index is 1.54. The zero-order valence-corrected chi connectivity index (χ0v) is 18.9. The zero-order valence-electron chi connectivity index (χ0n) is 18.9. The minimum atomic E-state index is -4.43. The highest BCUT2D eigenvalue weighted by molar-refractivity contribution is 6.08.